The fraction of sp³-hybridized carbons (Fsp3) is 0.545. The number of nitrogens with two attached hydrogens (primary N) is 1. The van der Waals surface area contributed by atoms with E-state index >= 15 is 0 Å². The number of hydrogen-bond acceptors (Lipinski definition) is 5. The van der Waals surface area contributed by atoms with Crippen LogP contribution in [0.4, 0.5) is 0 Å². The number of ether oxygens (including phenoxy) is 1. The minimum Gasteiger partial charge on any atom is -0.462 e. The Morgan fingerprint density at radius 3 is 2.67 bits per heavy atom. The molecular weight excluding hydrogens is 254 g/mol. The summed E-state index contributed by atoms with van der Waals surface area (Å²) in [5, 5.41) is 4.95. The van der Waals surface area contributed by atoms with Crippen molar-refractivity contribution in [2.24, 2.45) is 5.73 Å². The zero-order chi connectivity index (χ0) is 13.7. The largest absolute Gasteiger partial charge is 0.462 e. The topological polar surface area (TPSA) is 87.2 Å². The lowest BCUT2D eigenvalue weighted by molar-refractivity contribution is -0.118. The molecule has 1 aromatic rings. The molecule has 0 aliphatic rings. The van der Waals surface area contributed by atoms with E-state index in [2.05, 4.69) is 5.10 Å². The zero-order valence-corrected chi connectivity index (χ0v) is 11.5. The summed E-state index contributed by atoms with van der Waals surface area (Å²) < 4.78 is 6.61. The number of carbonyl (C=O) groups is 2. The Morgan fingerprint density at radius 2 is 2.17 bits per heavy atom. The van der Waals surface area contributed by atoms with Crippen molar-refractivity contribution >= 4 is 23.6 Å². The molecule has 0 saturated carbocycles. The molecule has 0 spiro atoms. The third-order valence-corrected chi connectivity index (χ3v) is 3.13. The van der Waals surface area contributed by atoms with Crippen molar-refractivity contribution in [1.29, 1.82) is 0 Å². The van der Waals surface area contributed by atoms with Gasteiger partial charge in [-0.15, -0.1) is 11.8 Å². The highest BCUT2D eigenvalue weighted by atomic mass is 32.2. The highest BCUT2D eigenvalue weighted by molar-refractivity contribution is 7.98. The van der Waals surface area contributed by atoms with E-state index in [1.165, 1.54) is 11.8 Å². The molecule has 6 nitrogen and oxygen atoms in total. The van der Waals surface area contributed by atoms with Gasteiger partial charge >= 0.3 is 5.97 Å². The van der Waals surface area contributed by atoms with E-state index in [0.29, 0.717) is 29.4 Å². The molecule has 1 aromatic heterocycles. The Kier molecular flexibility index (Phi) is 5.21. The van der Waals surface area contributed by atoms with Gasteiger partial charge in [0.25, 0.3) is 0 Å². The number of nitrogens with zero attached hydrogens (tertiary/aromatic N) is 2. The highest BCUT2D eigenvalue weighted by Crippen LogP contribution is 2.24. The lowest BCUT2D eigenvalue weighted by atomic mass is 10.3. The van der Waals surface area contributed by atoms with Gasteiger partial charge < -0.3 is 10.5 Å². The molecule has 7 heteroatoms. The number of thioether (sulfide) groups is 1. The lowest BCUT2D eigenvalue weighted by Gasteiger charge is -2.05. The number of carbonyl (C=O) groups excluding carboxylic acids is 2. The van der Waals surface area contributed by atoms with Gasteiger partial charge in [0.1, 0.15) is 10.6 Å². The standard InChI is InChI=1S/C11H17N3O3S/c1-4-17-11(16)9-7(2)13-14(10(9)18-3)6-5-8(12)15/h4-6H2,1-3H3,(H2,12,15). The summed E-state index contributed by atoms with van der Waals surface area (Å²) >= 11 is 1.40. The maximum atomic E-state index is 11.8. The number of rotatable bonds is 6. The predicted octanol–water partition coefficient (Wildman–Crippen LogP) is 0.966. The zero-order valence-electron chi connectivity index (χ0n) is 10.7. The number of amides is 1. The molecule has 0 unspecified atom stereocenters. The van der Waals surface area contributed by atoms with Crippen LogP contribution in [0.5, 0.6) is 0 Å². The molecule has 0 radical (unpaired) electrons. The smallest absolute Gasteiger partial charge is 0.342 e. The van der Waals surface area contributed by atoms with Gasteiger partial charge in [0, 0.05) is 6.42 Å². The van der Waals surface area contributed by atoms with E-state index in [1.807, 2.05) is 6.26 Å². The van der Waals surface area contributed by atoms with E-state index in [4.69, 9.17) is 10.5 Å². The molecule has 18 heavy (non-hydrogen) atoms. The first-order valence-corrected chi connectivity index (χ1v) is 6.80. The van der Waals surface area contributed by atoms with E-state index in [0.717, 1.165) is 0 Å². The van der Waals surface area contributed by atoms with Crippen molar-refractivity contribution < 1.29 is 14.3 Å². The highest BCUT2D eigenvalue weighted by Gasteiger charge is 2.22. The van der Waals surface area contributed by atoms with Crippen LogP contribution in [0.3, 0.4) is 0 Å². The van der Waals surface area contributed by atoms with Crippen LogP contribution in [0.15, 0.2) is 5.03 Å². The maximum absolute atomic E-state index is 11.8. The normalized spacial score (nSPS) is 10.4. The third kappa shape index (κ3) is 3.25. The van der Waals surface area contributed by atoms with Crippen molar-refractivity contribution in [2.45, 2.75) is 31.8 Å². The Balaban J connectivity index is 3.04. The first-order valence-electron chi connectivity index (χ1n) is 5.58. The Morgan fingerprint density at radius 1 is 1.50 bits per heavy atom. The molecule has 0 aromatic carbocycles. The first-order chi connectivity index (χ1) is 8.51. The van der Waals surface area contributed by atoms with Crippen LogP contribution in [0, 0.1) is 6.92 Å². The Labute approximate surface area is 110 Å². The van der Waals surface area contributed by atoms with Gasteiger partial charge in [-0.3, -0.25) is 9.48 Å². The summed E-state index contributed by atoms with van der Waals surface area (Å²) in [6.45, 7) is 4.18. The lowest BCUT2D eigenvalue weighted by Crippen LogP contribution is -2.15. The molecule has 100 valence electrons. The second-order valence-electron chi connectivity index (χ2n) is 3.63. The van der Waals surface area contributed by atoms with E-state index in [9.17, 15) is 9.59 Å². The minimum absolute atomic E-state index is 0.191. The number of aryl methyl sites for hydroxylation is 2. The number of hydrogen-bond donors (Lipinski definition) is 1. The predicted molar refractivity (Wildman–Crippen MR) is 68.5 cm³/mol. The summed E-state index contributed by atoms with van der Waals surface area (Å²) in [5.74, 6) is -0.780. The molecular formula is C11H17N3O3S. The van der Waals surface area contributed by atoms with Crippen molar-refractivity contribution in [3.63, 3.8) is 0 Å². The summed E-state index contributed by atoms with van der Waals surface area (Å²) in [7, 11) is 0. The molecule has 0 fully saturated rings. The van der Waals surface area contributed by atoms with Gasteiger partial charge in [-0.25, -0.2) is 4.79 Å². The number of primary amides is 1. The van der Waals surface area contributed by atoms with Gasteiger partial charge in [0.2, 0.25) is 5.91 Å². The minimum atomic E-state index is -0.395. The second kappa shape index (κ2) is 6.44. The average Bonchev–Trinajstić information content (AvgIpc) is 2.62. The molecule has 0 aliphatic heterocycles. The van der Waals surface area contributed by atoms with Crippen LogP contribution < -0.4 is 5.73 Å². The summed E-state index contributed by atoms with van der Waals surface area (Å²) in [4.78, 5) is 22.6. The quantitative estimate of drug-likeness (QED) is 0.615. The van der Waals surface area contributed by atoms with Gasteiger partial charge in [-0.1, -0.05) is 0 Å². The SMILES string of the molecule is CCOC(=O)c1c(C)nn(CCC(N)=O)c1SC. The maximum Gasteiger partial charge on any atom is 0.342 e. The van der Waals surface area contributed by atoms with Crippen LogP contribution >= 0.6 is 11.8 Å². The molecule has 0 aliphatic carbocycles. The molecule has 1 rings (SSSR count). The fourth-order valence-electron chi connectivity index (χ4n) is 1.57. The van der Waals surface area contributed by atoms with Crippen LogP contribution in [-0.2, 0) is 16.1 Å². The summed E-state index contributed by atoms with van der Waals surface area (Å²) in [6.07, 6.45) is 2.04. The van der Waals surface area contributed by atoms with Crippen molar-refractivity contribution in [2.75, 3.05) is 12.9 Å². The van der Waals surface area contributed by atoms with E-state index in [1.54, 1.807) is 18.5 Å². The Bertz CT molecular complexity index is 457. The molecule has 0 saturated heterocycles. The van der Waals surface area contributed by atoms with E-state index < -0.39 is 5.91 Å². The van der Waals surface area contributed by atoms with Gasteiger partial charge in [0.05, 0.1) is 18.8 Å². The molecule has 0 atom stereocenters. The van der Waals surface area contributed by atoms with Crippen molar-refractivity contribution in [1.82, 2.24) is 9.78 Å². The molecule has 2 N–H and O–H groups in total. The van der Waals surface area contributed by atoms with Gasteiger partial charge in [-0.2, -0.15) is 5.10 Å². The van der Waals surface area contributed by atoms with E-state index in [-0.39, 0.29) is 12.4 Å². The van der Waals surface area contributed by atoms with Crippen molar-refractivity contribution in [3.05, 3.63) is 11.3 Å². The fourth-order valence-corrected chi connectivity index (χ4v) is 2.35. The van der Waals surface area contributed by atoms with Crippen LogP contribution in [0.2, 0.25) is 0 Å². The third-order valence-electron chi connectivity index (χ3n) is 2.32. The van der Waals surface area contributed by atoms with Crippen LogP contribution in [-0.4, -0.2) is 34.5 Å². The number of esters is 1. The monoisotopic (exact) mass is 271 g/mol. The molecule has 1 heterocycles. The van der Waals surface area contributed by atoms with Crippen molar-refractivity contribution in [3.8, 4) is 0 Å². The molecule has 0 bridgehead atoms. The van der Waals surface area contributed by atoms with Crippen LogP contribution in [0.25, 0.3) is 0 Å². The van der Waals surface area contributed by atoms with Gasteiger partial charge in [-0.05, 0) is 20.1 Å². The first kappa shape index (κ1) is 14.6. The van der Waals surface area contributed by atoms with Gasteiger partial charge in [0.15, 0.2) is 0 Å². The van der Waals surface area contributed by atoms with Crippen LogP contribution in [0.1, 0.15) is 29.4 Å². The second-order valence-corrected chi connectivity index (χ2v) is 4.42. The summed E-state index contributed by atoms with van der Waals surface area (Å²) in [6, 6.07) is 0. The average molecular weight is 271 g/mol. The number of aromatic nitrogens is 2. The summed E-state index contributed by atoms with van der Waals surface area (Å²) in [5.41, 5.74) is 6.17. The molecule has 1 amide bonds. The Hall–Kier alpha value is -1.50.